The highest BCUT2D eigenvalue weighted by molar-refractivity contribution is 5.83. The van der Waals surface area contributed by atoms with Crippen LogP contribution in [0.4, 0.5) is 0 Å². The van der Waals surface area contributed by atoms with Crippen LogP contribution in [0.25, 0.3) is 0 Å². The zero-order valence-electron chi connectivity index (χ0n) is 12.7. The van der Waals surface area contributed by atoms with Gasteiger partial charge < -0.3 is 16.8 Å². The van der Waals surface area contributed by atoms with Crippen molar-refractivity contribution in [1.29, 1.82) is 0 Å². The summed E-state index contributed by atoms with van der Waals surface area (Å²) < 4.78 is 0. The lowest BCUT2D eigenvalue weighted by atomic mass is 9.81. The standard InChI is InChI=1S/C14H28N4O2/c1-3-14(4-2,10-15)13(20)17-11-5-7-18(8-6-11)9-12(16)19/h11H,3-10,15H2,1-2H3,(H2,16,19)(H,17,20). The van der Waals surface area contributed by atoms with Crippen LogP contribution in [-0.4, -0.2) is 48.9 Å². The third kappa shape index (κ3) is 4.18. The van der Waals surface area contributed by atoms with Crippen molar-refractivity contribution in [3.8, 4) is 0 Å². The molecule has 6 nitrogen and oxygen atoms in total. The maximum Gasteiger partial charge on any atom is 0.231 e. The Balaban J connectivity index is 2.47. The second-order valence-corrected chi connectivity index (χ2v) is 5.68. The SMILES string of the molecule is CCC(CC)(CN)C(=O)NC1CCN(CC(N)=O)CC1. The Hall–Kier alpha value is -1.14. The average molecular weight is 284 g/mol. The maximum atomic E-state index is 12.4. The van der Waals surface area contributed by atoms with Gasteiger partial charge in [0.05, 0.1) is 12.0 Å². The molecule has 5 N–H and O–H groups in total. The van der Waals surface area contributed by atoms with Crippen LogP contribution in [-0.2, 0) is 9.59 Å². The molecule has 116 valence electrons. The van der Waals surface area contributed by atoms with E-state index < -0.39 is 5.41 Å². The summed E-state index contributed by atoms with van der Waals surface area (Å²) in [7, 11) is 0. The molecule has 0 atom stereocenters. The van der Waals surface area contributed by atoms with Crippen molar-refractivity contribution in [3.63, 3.8) is 0 Å². The summed E-state index contributed by atoms with van der Waals surface area (Å²) in [6, 6.07) is 0.177. The molecule has 0 bridgehead atoms. The first-order valence-corrected chi connectivity index (χ1v) is 7.49. The molecule has 0 aromatic rings. The van der Waals surface area contributed by atoms with Crippen LogP contribution in [0.2, 0.25) is 0 Å². The lowest BCUT2D eigenvalue weighted by Gasteiger charge is -2.35. The van der Waals surface area contributed by atoms with Gasteiger partial charge in [-0.05, 0) is 25.7 Å². The number of likely N-dealkylation sites (tertiary alicyclic amines) is 1. The van der Waals surface area contributed by atoms with Gasteiger partial charge in [0.15, 0.2) is 0 Å². The second kappa shape index (κ2) is 7.59. The van der Waals surface area contributed by atoms with Crippen LogP contribution in [0, 0.1) is 5.41 Å². The van der Waals surface area contributed by atoms with E-state index in [1.54, 1.807) is 0 Å². The number of piperidine rings is 1. The molecule has 1 aliphatic rings. The van der Waals surface area contributed by atoms with Crippen molar-refractivity contribution in [1.82, 2.24) is 10.2 Å². The third-order valence-corrected chi connectivity index (χ3v) is 4.53. The Morgan fingerprint density at radius 2 is 1.80 bits per heavy atom. The highest BCUT2D eigenvalue weighted by Gasteiger charge is 2.35. The van der Waals surface area contributed by atoms with E-state index in [2.05, 4.69) is 5.32 Å². The molecule has 1 saturated heterocycles. The van der Waals surface area contributed by atoms with Crippen LogP contribution < -0.4 is 16.8 Å². The number of hydrogen-bond donors (Lipinski definition) is 3. The van der Waals surface area contributed by atoms with E-state index in [9.17, 15) is 9.59 Å². The predicted molar refractivity (Wildman–Crippen MR) is 78.9 cm³/mol. The van der Waals surface area contributed by atoms with E-state index in [0.29, 0.717) is 13.1 Å². The summed E-state index contributed by atoms with van der Waals surface area (Å²) in [5.41, 5.74) is 10.5. The van der Waals surface area contributed by atoms with Gasteiger partial charge in [-0.2, -0.15) is 0 Å². The van der Waals surface area contributed by atoms with Crippen molar-refractivity contribution in [2.45, 2.75) is 45.6 Å². The van der Waals surface area contributed by atoms with E-state index in [0.717, 1.165) is 38.8 Å². The highest BCUT2D eigenvalue weighted by atomic mass is 16.2. The minimum Gasteiger partial charge on any atom is -0.369 e. The molecule has 2 amide bonds. The highest BCUT2D eigenvalue weighted by Crippen LogP contribution is 2.25. The molecule has 6 heteroatoms. The number of carbonyl (C=O) groups excluding carboxylic acids is 2. The number of nitrogens with one attached hydrogen (secondary N) is 1. The van der Waals surface area contributed by atoms with Crippen molar-refractivity contribution in [2.75, 3.05) is 26.2 Å². The van der Waals surface area contributed by atoms with Crippen molar-refractivity contribution >= 4 is 11.8 Å². The van der Waals surface area contributed by atoms with E-state index in [-0.39, 0.29) is 17.9 Å². The molecule has 1 aliphatic heterocycles. The van der Waals surface area contributed by atoms with Gasteiger partial charge >= 0.3 is 0 Å². The van der Waals surface area contributed by atoms with Crippen molar-refractivity contribution < 1.29 is 9.59 Å². The van der Waals surface area contributed by atoms with Gasteiger partial charge in [0, 0.05) is 25.7 Å². The Morgan fingerprint density at radius 3 is 2.20 bits per heavy atom. The minimum absolute atomic E-state index is 0.0679. The molecule has 20 heavy (non-hydrogen) atoms. The van der Waals surface area contributed by atoms with Gasteiger partial charge in [-0.15, -0.1) is 0 Å². The fourth-order valence-corrected chi connectivity index (χ4v) is 2.75. The Kier molecular flexibility index (Phi) is 6.42. The zero-order valence-corrected chi connectivity index (χ0v) is 12.7. The fourth-order valence-electron chi connectivity index (χ4n) is 2.75. The van der Waals surface area contributed by atoms with Crippen LogP contribution in [0.3, 0.4) is 0 Å². The topological polar surface area (TPSA) is 101 Å². The van der Waals surface area contributed by atoms with Gasteiger partial charge in [0.2, 0.25) is 11.8 Å². The summed E-state index contributed by atoms with van der Waals surface area (Å²) >= 11 is 0. The van der Waals surface area contributed by atoms with E-state index >= 15 is 0 Å². The first kappa shape index (κ1) is 16.9. The van der Waals surface area contributed by atoms with Gasteiger partial charge in [-0.25, -0.2) is 0 Å². The molecule has 0 spiro atoms. The Labute approximate surface area is 121 Å². The van der Waals surface area contributed by atoms with Gasteiger partial charge in [-0.1, -0.05) is 13.8 Å². The molecule has 0 aromatic carbocycles. The molecule has 1 fully saturated rings. The third-order valence-electron chi connectivity index (χ3n) is 4.53. The maximum absolute atomic E-state index is 12.4. The first-order valence-electron chi connectivity index (χ1n) is 7.49. The number of nitrogens with zero attached hydrogens (tertiary/aromatic N) is 1. The van der Waals surface area contributed by atoms with Crippen molar-refractivity contribution in [3.05, 3.63) is 0 Å². The van der Waals surface area contributed by atoms with Gasteiger partial charge in [0.1, 0.15) is 0 Å². The number of primary amides is 1. The average Bonchev–Trinajstić information content (AvgIpc) is 2.43. The van der Waals surface area contributed by atoms with Crippen LogP contribution >= 0.6 is 0 Å². The quantitative estimate of drug-likeness (QED) is 0.603. The molecule has 0 unspecified atom stereocenters. The van der Waals surface area contributed by atoms with Gasteiger partial charge in [-0.3, -0.25) is 14.5 Å². The number of amides is 2. The smallest absolute Gasteiger partial charge is 0.231 e. The lowest BCUT2D eigenvalue weighted by Crippen LogP contribution is -2.52. The Bertz CT molecular complexity index is 326. The van der Waals surface area contributed by atoms with Crippen LogP contribution in [0.15, 0.2) is 0 Å². The first-order chi connectivity index (χ1) is 9.47. The fraction of sp³-hybridized carbons (Fsp3) is 0.857. The predicted octanol–water partition coefficient (Wildman–Crippen LogP) is -0.183. The van der Waals surface area contributed by atoms with Crippen molar-refractivity contribution in [2.24, 2.45) is 16.9 Å². The summed E-state index contributed by atoms with van der Waals surface area (Å²) in [5.74, 6) is -0.232. The van der Waals surface area contributed by atoms with E-state index in [1.807, 2.05) is 18.7 Å². The van der Waals surface area contributed by atoms with E-state index in [1.165, 1.54) is 0 Å². The van der Waals surface area contributed by atoms with Crippen LogP contribution in [0.1, 0.15) is 39.5 Å². The summed E-state index contributed by atoms with van der Waals surface area (Å²) in [6.07, 6.45) is 3.22. The molecule has 0 saturated carbocycles. The molecule has 1 rings (SSSR count). The second-order valence-electron chi connectivity index (χ2n) is 5.68. The molecular weight excluding hydrogens is 256 g/mol. The number of nitrogens with two attached hydrogens (primary N) is 2. The number of rotatable bonds is 7. The molecule has 1 heterocycles. The molecule has 0 radical (unpaired) electrons. The zero-order chi connectivity index (χ0) is 15.2. The number of carbonyl (C=O) groups is 2. The molecule has 0 aliphatic carbocycles. The number of hydrogen-bond acceptors (Lipinski definition) is 4. The lowest BCUT2D eigenvalue weighted by molar-refractivity contribution is -0.132. The van der Waals surface area contributed by atoms with Crippen LogP contribution in [0.5, 0.6) is 0 Å². The monoisotopic (exact) mass is 284 g/mol. The normalized spacial score (nSPS) is 17.9. The summed E-state index contributed by atoms with van der Waals surface area (Å²) in [6.45, 7) is 6.28. The summed E-state index contributed by atoms with van der Waals surface area (Å²) in [5, 5.41) is 3.12. The molecular formula is C14H28N4O2. The largest absolute Gasteiger partial charge is 0.369 e. The molecule has 0 aromatic heterocycles. The minimum atomic E-state index is -0.440. The summed E-state index contributed by atoms with van der Waals surface area (Å²) in [4.78, 5) is 25.3. The van der Waals surface area contributed by atoms with E-state index in [4.69, 9.17) is 11.5 Å². The Morgan fingerprint density at radius 1 is 1.25 bits per heavy atom. The van der Waals surface area contributed by atoms with Gasteiger partial charge in [0.25, 0.3) is 0 Å².